The first-order valence-corrected chi connectivity index (χ1v) is 3.89. The molecule has 0 saturated heterocycles. The molecule has 0 spiro atoms. The van der Waals surface area contributed by atoms with Crippen molar-refractivity contribution >= 4 is 17.1 Å². The van der Waals surface area contributed by atoms with Crippen LogP contribution in [0.3, 0.4) is 0 Å². The van der Waals surface area contributed by atoms with Gasteiger partial charge in [-0.2, -0.15) is 5.10 Å². The van der Waals surface area contributed by atoms with Crippen molar-refractivity contribution in [1.82, 2.24) is 4.98 Å². The summed E-state index contributed by atoms with van der Waals surface area (Å²) in [5.74, 6) is 5.05. The van der Waals surface area contributed by atoms with Gasteiger partial charge in [0, 0.05) is 17.6 Å². The summed E-state index contributed by atoms with van der Waals surface area (Å²) in [6.07, 6.45) is 3.26. The number of fused-ring (bicyclic) bond motifs is 1. The van der Waals surface area contributed by atoms with Crippen LogP contribution < -0.4 is 5.84 Å². The lowest BCUT2D eigenvalue weighted by molar-refractivity contribution is 1.26. The van der Waals surface area contributed by atoms with Crippen molar-refractivity contribution in [1.29, 1.82) is 0 Å². The molecule has 1 aromatic carbocycles. The third-order valence-electron chi connectivity index (χ3n) is 1.79. The van der Waals surface area contributed by atoms with Gasteiger partial charge in [-0.05, 0) is 23.8 Å². The molecule has 63 valence electrons. The summed E-state index contributed by atoms with van der Waals surface area (Å²) in [4.78, 5) is 4.15. The number of rotatable bonds is 1. The van der Waals surface area contributed by atoms with Gasteiger partial charge in [0.25, 0.3) is 0 Å². The summed E-state index contributed by atoms with van der Waals surface area (Å²) in [7, 11) is 0. The number of pyridine rings is 1. The van der Waals surface area contributed by atoms with Gasteiger partial charge in [0.2, 0.25) is 0 Å². The largest absolute Gasteiger partial charge is 0.323 e. The van der Waals surface area contributed by atoms with Crippen molar-refractivity contribution in [2.75, 3.05) is 0 Å². The standard InChI is InChI=1S/C10H8N3/c11-13-7-8-3-4-10-9(6-8)2-1-5-12-10/h2-7H,11H2. The highest BCUT2D eigenvalue weighted by Crippen LogP contribution is 2.11. The summed E-state index contributed by atoms with van der Waals surface area (Å²) in [6, 6.07) is 10.6. The normalized spacial score (nSPS) is 11.1. The van der Waals surface area contributed by atoms with Crippen molar-refractivity contribution in [2.24, 2.45) is 10.9 Å². The average molecular weight is 170 g/mol. The molecule has 0 fully saturated rings. The molecule has 0 aliphatic heterocycles. The second-order valence-electron chi connectivity index (χ2n) is 2.67. The van der Waals surface area contributed by atoms with E-state index in [1.165, 1.54) is 0 Å². The Hall–Kier alpha value is -1.90. The fourth-order valence-corrected chi connectivity index (χ4v) is 1.21. The second-order valence-corrected chi connectivity index (χ2v) is 2.67. The van der Waals surface area contributed by atoms with Crippen LogP contribution in [-0.2, 0) is 0 Å². The lowest BCUT2D eigenvalue weighted by atomic mass is 10.1. The van der Waals surface area contributed by atoms with E-state index >= 15 is 0 Å². The predicted molar refractivity (Wildman–Crippen MR) is 52.4 cm³/mol. The Bertz CT molecular complexity index is 449. The number of nitrogens with zero attached hydrogens (tertiary/aromatic N) is 2. The fraction of sp³-hybridized carbons (Fsp3) is 0. The van der Waals surface area contributed by atoms with Gasteiger partial charge in [-0.15, -0.1) is 0 Å². The minimum atomic E-state index is 0.952. The summed E-state index contributed by atoms with van der Waals surface area (Å²) in [5.41, 5.74) is 1.92. The molecule has 13 heavy (non-hydrogen) atoms. The number of benzene rings is 1. The molecule has 3 heteroatoms. The molecular formula is C10H8N3. The molecule has 0 bridgehead atoms. The van der Waals surface area contributed by atoms with Crippen molar-refractivity contribution in [3.8, 4) is 0 Å². The monoisotopic (exact) mass is 170 g/mol. The van der Waals surface area contributed by atoms with Crippen LogP contribution in [0.4, 0.5) is 0 Å². The maximum atomic E-state index is 5.05. The molecule has 1 radical (unpaired) electrons. The van der Waals surface area contributed by atoms with Crippen LogP contribution in [-0.4, -0.2) is 11.2 Å². The zero-order valence-corrected chi connectivity index (χ0v) is 6.94. The molecule has 3 nitrogen and oxygen atoms in total. The highest BCUT2D eigenvalue weighted by Gasteiger charge is 1.93. The van der Waals surface area contributed by atoms with E-state index in [4.69, 9.17) is 5.84 Å². The van der Waals surface area contributed by atoms with Gasteiger partial charge < -0.3 is 5.84 Å². The number of hydrazone groups is 1. The van der Waals surface area contributed by atoms with Crippen molar-refractivity contribution in [3.05, 3.63) is 42.1 Å². The quantitative estimate of drug-likeness (QED) is 0.398. The van der Waals surface area contributed by atoms with Crippen LogP contribution >= 0.6 is 0 Å². The summed E-state index contributed by atoms with van der Waals surface area (Å²) in [6.45, 7) is 0. The summed E-state index contributed by atoms with van der Waals surface area (Å²) >= 11 is 0. The molecule has 0 unspecified atom stereocenters. The van der Waals surface area contributed by atoms with Crippen LogP contribution in [0.1, 0.15) is 5.56 Å². The molecule has 2 aromatic rings. The molecule has 0 saturated carbocycles. The van der Waals surface area contributed by atoms with Crippen LogP contribution in [0.25, 0.3) is 10.9 Å². The highest BCUT2D eigenvalue weighted by atomic mass is 15.1. The van der Waals surface area contributed by atoms with Gasteiger partial charge in [-0.3, -0.25) is 4.98 Å². The van der Waals surface area contributed by atoms with Gasteiger partial charge in [0.1, 0.15) is 0 Å². The van der Waals surface area contributed by atoms with E-state index in [0.29, 0.717) is 0 Å². The maximum absolute atomic E-state index is 5.05. The first-order chi connectivity index (χ1) is 6.40. The van der Waals surface area contributed by atoms with Crippen molar-refractivity contribution in [2.45, 2.75) is 0 Å². The number of hydrogen-bond acceptors (Lipinski definition) is 3. The molecule has 0 amide bonds. The number of hydrogen-bond donors (Lipinski definition) is 1. The van der Waals surface area contributed by atoms with Gasteiger partial charge in [-0.25, -0.2) is 0 Å². The van der Waals surface area contributed by atoms with E-state index in [9.17, 15) is 0 Å². The third-order valence-corrected chi connectivity index (χ3v) is 1.79. The zero-order valence-electron chi connectivity index (χ0n) is 6.94. The molecule has 2 N–H and O–H groups in total. The van der Waals surface area contributed by atoms with E-state index in [2.05, 4.69) is 16.2 Å². The van der Waals surface area contributed by atoms with Crippen molar-refractivity contribution in [3.63, 3.8) is 0 Å². The Morgan fingerprint density at radius 3 is 3.23 bits per heavy atom. The average Bonchev–Trinajstić information content (AvgIpc) is 2.18. The predicted octanol–water partition coefficient (Wildman–Crippen LogP) is 1.33. The number of aromatic nitrogens is 1. The van der Waals surface area contributed by atoms with Gasteiger partial charge in [-0.1, -0.05) is 6.07 Å². The lowest BCUT2D eigenvalue weighted by Crippen LogP contribution is -1.86. The molecule has 1 heterocycles. The second kappa shape index (κ2) is 3.23. The molecule has 0 aliphatic rings. The Morgan fingerprint density at radius 1 is 1.46 bits per heavy atom. The first-order valence-electron chi connectivity index (χ1n) is 3.89. The van der Waals surface area contributed by atoms with Crippen LogP contribution in [0, 0.1) is 6.07 Å². The minimum absolute atomic E-state index is 0.952. The highest BCUT2D eigenvalue weighted by molar-refractivity contribution is 5.88. The summed E-state index contributed by atoms with van der Waals surface area (Å²) in [5, 5.41) is 4.50. The topological polar surface area (TPSA) is 51.3 Å². The Balaban J connectivity index is 2.62. The maximum Gasteiger partial charge on any atom is 0.0702 e. The molecule has 1 aromatic heterocycles. The van der Waals surface area contributed by atoms with E-state index in [1.807, 2.05) is 24.3 Å². The molecule has 0 atom stereocenters. The first kappa shape index (κ1) is 7.73. The fourth-order valence-electron chi connectivity index (χ4n) is 1.21. The zero-order chi connectivity index (χ0) is 9.10. The third kappa shape index (κ3) is 1.49. The summed E-state index contributed by atoms with van der Waals surface area (Å²) < 4.78 is 0. The van der Waals surface area contributed by atoms with E-state index < -0.39 is 0 Å². The SMILES string of the molecule is NN=Cc1ccc2nc[c]cc2c1. The van der Waals surface area contributed by atoms with E-state index in [0.717, 1.165) is 16.5 Å². The Labute approximate surface area is 75.9 Å². The smallest absolute Gasteiger partial charge is 0.0702 e. The van der Waals surface area contributed by atoms with Crippen LogP contribution in [0.2, 0.25) is 0 Å². The van der Waals surface area contributed by atoms with Crippen LogP contribution in [0.15, 0.2) is 35.6 Å². The van der Waals surface area contributed by atoms with Crippen LogP contribution in [0.5, 0.6) is 0 Å². The van der Waals surface area contributed by atoms with Gasteiger partial charge >= 0.3 is 0 Å². The molecular weight excluding hydrogens is 162 g/mol. The van der Waals surface area contributed by atoms with E-state index in [-0.39, 0.29) is 0 Å². The lowest BCUT2D eigenvalue weighted by Gasteiger charge is -1.96. The molecule has 0 aliphatic carbocycles. The molecule has 2 rings (SSSR count). The van der Waals surface area contributed by atoms with Crippen molar-refractivity contribution < 1.29 is 0 Å². The van der Waals surface area contributed by atoms with E-state index in [1.54, 1.807) is 12.4 Å². The minimum Gasteiger partial charge on any atom is -0.323 e. The number of nitrogens with two attached hydrogens (primary N) is 1. The Kier molecular flexibility index (Phi) is 1.92. The van der Waals surface area contributed by atoms with Gasteiger partial charge in [0.15, 0.2) is 0 Å². The van der Waals surface area contributed by atoms with Gasteiger partial charge in [0.05, 0.1) is 11.7 Å². The Morgan fingerprint density at radius 2 is 2.38 bits per heavy atom.